The van der Waals surface area contributed by atoms with Gasteiger partial charge in [0.25, 0.3) is 0 Å². The Morgan fingerprint density at radius 1 is 0.947 bits per heavy atom. The van der Waals surface area contributed by atoms with E-state index in [1.54, 1.807) is 0 Å². The van der Waals surface area contributed by atoms with Crippen molar-refractivity contribution < 1.29 is 0 Å². The summed E-state index contributed by atoms with van der Waals surface area (Å²) in [6.45, 7) is 6.18. The number of nitrogens with one attached hydrogen (secondary N) is 1. The summed E-state index contributed by atoms with van der Waals surface area (Å²) in [6, 6.07) is 1.76. The van der Waals surface area contributed by atoms with E-state index < -0.39 is 0 Å². The number of nitrogens with zero attached hydrogens (tertiary/aromatic N) is 1. The van der Waals surface area contributed by atoms with E-state index in [0.717, 1.165) is 30.5 Å². The van der Waals surface area contributed by atoms with E-state index in [2.05, 4.69) is 17.1 Å². The molecule has 0 bridgehead atoms. The molecule has 2 saturated carbocycles. The van der Waals surface area contributed by atoms with Crippen molar-refractivity contribution in [3.8, 4) is 0 Å². The molecule has 0 aromatic carbocycles. The van der Waals surface area contributed by atoms with Crippen molar-refractivity contribution in [1.82, 2.24) is 10.2 Å². The molecular weight excluding hydrogens is 232 g/mol. The molecule has 3 unspecified atom stereocenters. The zero-order valence-electron chi connectivity index (χ0n) is 12.7. The second-order valence-electron chi connectivity index (χ2n) is 7.10. The molecule has 0 amide bonds. The molecule has 0 spiro atoms. The van der Waals surface area contributed by atoms with Crippen LogP contribution >= 0.6 is 0 Å². The summed E-state index contributed by atoms with van der Waals surface area (Å²) < 4.78 is 0. The third kappa shape index (κ3) is 3.16. The lowest BCUT2D eigenvalue weighted by atomic mass is 9.94. The molecule has 1 heterocycles. The lowest BCUT2D eigenvalue weighted by molar-refractivity contribution is 0.156. The monoisotopic (exact) mass is 264 g/mol. The van der Waals surface area contributed by atoms with E-state index in [1.165, 1.54) is 70.9 Å². The maximum Gasteiger partial charge on any atom is 0.0124 e. The Hall–Kier alpha value is -0.0800. The Bertz CT molecular complexity index is 272. The van der Waals surface area contributed by atoms with Crippen LogP contribution in [0.4, 0.5) is 0 Å². The minimum Gasteiger partial charge on any atom is -0.314 e. The van der Waals surface area contributed by atoms with Gasteiger partial charge in [0.05, 0.1) is 0 Å². The fourth-order valence-electron chi connectivity index (χ4n) is 5.04. The van der Waals surface area contributed by atoms with Gasteiger partial charge in [-0.3, -0.25) is 4.90 Å². The van der Waals surface area contributed by atoms with Crippen LogP contribution < -0.4 is 5.32 Å². The summed E-state index contributed by atoms with van der Waals surface area (Å²) >= 11 is 0. The molecule has 0 radical (unpaired) electrons. The summed E-state index contributed by atoms with van der Waals surface area (Å²) in [5, 5.41) is 3.73. The van der Waals surface area contributed by atoms with Crippen LogP contribution in [0, 0.1) is 11.8 Å². The Morgan fingerprint density at radius 2 is 1.79 bits per heavy atom. The highest BCUT2D eigenvalue weighted by molar-refractivity contribution is 4.91. The molecule has 0 aromatic rings. The topological polar surface area (TPSA) is 15.3 Å². The normalized spacial score (nSPS) is 37.4. The molecule has 3 aliphatic rings. The van der Waals surface area contributed by atoms with Crippen molar-refractivity contribution in [3.05, 3.63) is 0 Å². The smallest absolute Gasteiger partial charge is 0.0124 e. The summed E-state index contributed by atoms with van der Waals surface area (Å²) in [6.07, 6.45) is 13.3. The van der Waals surface area contributed by atoms with Crippen molar-refractivity contribution in [2.45, 2.75) is 76.8 Å². The lowest BCUT2D eigenvalue weighted by Gasteiger charge is -2.33. The van der Waals surface area contributed by atoms with Crippen LogP contribution in [0.1, 0.15) is 64.7 Å². The Morgan fingerprint density at radius 3 is 2.58 bits per heavy atom. The van der Waals surface area contributed by atoms with Gasteiger partial charge in [-0.1, -0.05) is 26.2 Å². The zero-order valence-corrected chi connectivity index (χ0v) is 12.7. The summed E-state index contributed by atoms with van der Waals surface area (Å²) in [5.41, 5.74) is 0. The molecule has 110 valence electrons. The van der Waals surface area contributed by atoms with Gasteiger partial charge in [-0.05, 0) is 63.5 Å². The second-order valence-corrected chi connectivity index (χ2v) is 7.10. The van der Waals surface area contributed by atoms with E-state index in [0.29, 0.717) is 0 Å². The molecule has 19 heavy (non-hydrogen) atoms. The van der Waals surface area contributed by atoms with Crippen molar-refractivity contribution in [2.24, 2.45) is 11.8 Å². The molecule has 2 heteroatoms. The Balaban J connectivity index is 1.55. The molecule has 0 aromatic heterocycles. The zero-order chi connectivity index (χ0) is 13.1. The quantitative estimate of drug-likeness (QED) is 0.818. The number of likely N-dealkylation sites (tertiary alicyclic amines) is 1. The van der Waals surface area contributed by atoms with Crippen molar-refractivity contribution >= 4 is 0 Å². The maximum absolute atomic E-state index is 3.73. The fraction of sp³-hybridized carbons (Fsp3) is 1.00. The van der Waals surface area contributed by atoms with Gasteiger partial charge in [-0.25, -0.2) is 0 Å². The first kappa shape index (κ1) is 13.9. The SMILES string of the molecule is CCNC1CCCC1CN1CCCC1C1CCCC1. The predicted octanol–water partition coefficient (Wildman–Crippen LogP) is 3.42. The van der Waals surface area contributed by atoms with Gasteiger partial charge in [0.2, 0.25) is 0 Å². The average Bonchev–Trinajstić information content (AvgIpc) is 3.12. The van der Waals surface area contributed by atoms with Gasteiger partial charge in [0, 0.05) is 18.6 Å². The second kappa shape index (κ2) is 6.58. The number of rotatable bonds is 5. The first-order chi connectivity index (χ1) is 9.38. The highest BCUT2D eigenvalue weighted by Gasteiger charge is 2.36. The minimum atomic E-state index is 0.815. The van der Waals surface area contributed by atoms with Crippen LogP contribution in [-0.4, -0.2) is 36.6 Å². The molecule has 1 saturated heterocycles. The van der Waals surface area contributed by atoms with Gasteiger partial charge in [0.15, 0.2) is 0 Å². The summed E-state index contributed by atoms with van der Waals surface area (Å²) in [7, 11) is 0. The van der Waals surface area contributed by atoms with Gasteiger partial charge < -0.3 is 5.32 Å². The number of hydrogen-bond donors (Lipinski definition) is 1. The molecule has 1 aliphatic heterocycles. The maximum atomic E-state index is 3.73. The van der Waals surface area contributed by atoms with Crippen LogP contribution in [0.2, 0.25) is 0 Å². The highest BCUT2D eigenvalue weighted by Crippen LogP contribution is 2.37. The Kier molecular flexibility index (Phi) is 4.81. The fourth-order valence-corrected chi connectivity index (χ4v) is 5.04. The summed E-state index contributed by atoms with van der Waals surface area (Å²) in [5.74, 6) is 1.98. The summed E-state index contributed by atoms with van der Waals surface area (Å²) in [4.78, 5) is 2.89. The Labute approximate surface area is 119 Å². The van der Waals surface area contributed by atoms with E-state index in [1.807, 2.05) is 0 Å². The van der Waals surface area contributed by atoms with Crippen molar-refractivity contribution in [2.75, 3.05) is 19.6 Å². The van der Waals surface area contributed by atoms with Gasteiger partial charge >= 0.3 is 0 Å². The first-order valence-electron chi connectivity index (χ1n) is 8.86. The van der Waals surface area contributed by atoms with Gasteiger partial charge in [0.1, 0.15) is 0 Å². The van der Waals surface area contributed by atoms with Crippen molar-refractivity contribution in [1.29, 1.82) is 0 Å². The van der Waals surface area contributed by atoms with E-state index >= 15 is 0 Å². The van der Waals surface area contributed by atoms with E-state index in [9.17, 15) is 0 Å². The predicted molar refractivity (Wildman–Crippen MR) is 81.4 cm³/mol. The molecule has 2 aliphatic carbocycles. The molecule has 3 rings (SSSR count). The molecule has 3 fully saturated rings. The van der Waals surface area contributed by atoms with Crippen LogP contribution in [0.15, 0.2) is 0 Å². The van der Waals surface area contributed by atoms with Crippen LogP contribution in [0.3, 0.4) is 0 Å². The molecule has 3 atom stereocenters. The largest absolute Gasteiger partial charge is 0.314 e. The average molecular weight is 264 g/mol. The highest BCUT2D eigenvalue weighted by atomic mass is 15.2. The van der Waals surface area contributed by atoms with E-state index in [-0.39, 0.29) is 0 Å². The van der Waals surface area contributed by atoms with E-state index in [4.69, 9.17) is 0 Å². The molecular formula is C17H32N2. The van der Waals surface area contributed by atoms with Gasteiger partial charge in [-0.2, -0.15) is 0 Å². The van der Waals surface area contributed by atoms with Crippen LogP contribution in [0.5, 0.6) is 0 Å². The molecule has 2 nitrogen and oxygen atoms in total. The van der Waals surface area contributed by atoms with Crippen LogP contribution in [-0.2, 0) is 0 Å². The first-order valence-corrected chi connectivity index (χ1v) is 8.86. The van der Waals surface area contributed by atoms with Gasteiger partial charge in [-0.15, -0.1) is 0 Å². The van der Waals surface area contributed by atoms with Crippen LogP contribution in [0.25, 0.3) is 0 Å². The minimum absolute atomic E-state index is 0.815. The third-order valence-electron chi connectivity index (χ3n) is 5.95. The third-order valence-corrected chi connectivity index (χ3v) is 5.95. The molecule has 1 N–H and O–H groups in total. The lowest BCUT2D eigenvalue weighted by Crippen LogP contribution is -2.43. The standard InChI is InChI=1S/C17H32N2/c1-2-18-16-10-5-9-15(16)13-19-12-6-11-17(19)14-7-3-4-8-14/h14-18H,2-13H2,1H3. The van der Waals surface area contributed by atoms with Crippen molar-refractivity contribution in [3.63, 3.8) is 0 Å². The number of hydrogen-bond acceptors (Lipinski definition) is 2.